The van der Waals surface area contributed by atoms with E-state index in [1.54, 1.807) is 42.0 Å². The number of hydrogen-bond acceptors (Lipinski definition) is 4. The van der Waals surface area contributed by atoms with E-state index >= 15 is 0 Å². The topological polar surface area (TPSA) is 67.7 Å². The number of benzene rings is 1. The monoisotopic (exact) mass is 388 g/mol. The smallest absolute Gasteiger partial charge is 0.258 e. The molecule has 0 radical (unpaired) electrons. The molecule has 1 aromatic heterocycles. The predicted molar refractivity (Wildman–Crippen MR) is 100.0 cm³/mol. The van der Waals surface area contributed by atoms with E-state index in [4.69, 9.17) is 16.3 Å². The summed E-state index contributed by atoms with van der Waals surface area (Å²) < 4.78 is 7.37. The molecule has 2 aliphatic rings. The molecule has 0 spiro atoms. The van der Waals surface area contributed by atoms with Gasteiger partial charge < -0.3 is 14.5 Å². The Bertz CT molecular complexity index is 864. The number of halogens is 1. The summed E-state index contributed by atoms with van der Waals surface area (Å²) in [7, 11) is 3.41. The molecule has 3 heterocycles. The van der Waals surface area contributed by atoms with Gasteiger partial charge in [-0.2, -0.15) is 5.10 Å². The predicted octanol–water partition coefficient (Wildman–Crippen LogP) is 1.99. The number of carbonyl (C=O) groups excluding carboxylic acids is 2. The number of ether oxygens (including phenoxy) is 1. The van der Waals surface area contributed by atoms with E-state index in [0.717, 1.165) is 12.1 Å². The van der Waals surface area contributed by atoms with E-state index in [9.17, 15) is 9.59 Å². The fourth-order valence-electron chi connectivity index (χ4n) is 3.87. The molecule has 2 saturated heterocycles. The molecule has 1 unspecified atom stereocenters. The van der Waals surface area contributed by atoms with Crippen LogP contribution in [0.5, 0.6) is 0 Å². The normalized spacial score (nSPS) is 24.1. The maximum atomic E-state index is 13.3. The average Bonchev–Trinajstić information content (AvgIpc) is 3.36. The first kappa shape index (κ1) is 18.0. The van der Waals surface area contributed by atoms with Gasteiger partial charge in [-0.05, 0) is 30.7 Å². The van der Waals surface area contributed by atoms with E-state index in [2.05, 4.69) is 5.10 Å². The zero-order valence-corrected chi connectivity index (χ0v) is 16.0. The molecule has 2 amide bonds. The number of nitrogens with zero attached hydrogens (tertiary/aromatic N) is 4. The van der Waals surface area contributed by atoms with Gasteiger partial charge in [0, 0.05) is 38.3 Å². The first-order chi connectivity index (χ1) is 13.0. The minimum Gasteiger partial charge on any atom is -0.376 e. The lowest BCUT2D eigenvalue weighted by atomic mass is 10.1. The molecule has 3 atom stereocenters. The second-order valence-corrected chi connectivity index (χ2v) is 7.55. The standard InChI is InChI=1S/C19H21ClN4O3/c1-22(2)19(26)16-9-17-15(7-8-27-17)24(16)18(25)12-10-21-23(11-12)14-5-3-13(20)4-6-14/h3-6,10-11,15-17H,7-9H2,1-2H3/t15-,16?,17-/m0/s1. The van der Waals surface area contributed by atoms with Crippen molar-refractivity contribution in [3.05, 3.63) is 47.2 Å². The highest BCUT2D eigenvalue weighted by Crippen LogP contribution is 2.35. The molecule has 142 valence electrons. The number of aromatic nitrogens is 2. The molecule has 0 bridgehead atoms. The van der Waals surface area contributed by atoms with E-state index in [0.29, 0.717) is 23.6 Å². The summed E-state index contributed by atoms with van der Waals surface area (Å²) in [6.45, 7) is 0.617. The lowest BCUT2D eigenvalue weighted by Crippen LogP contribution is -2.48. The average molecular weight is 389 g/mol. The fraction of sp³-hybridized carbons (Fsp3) is 0.421. The molecular formula is C19H21ClN4O3. The van der Waals surface area contributed by atoms with Gasteiger partial charge in [0.2, 0.25) is 5.91 Å². The first-order valence-corrected chi connectivity index (χ1v) is 9.29. The van der Waals surface area contributed by atoms with Gasteiger partial charge in [-0.25, -0.2) is 4.68 Å². The highest BCUT2D eigenvalue weighted by atomic mass is 35.5. The van der Waals surface area contributed by atoms with Crippen LogP contribution in [-0.2, 0) is 9.53 Å². The number of likely N-dealkylation sites (N-methyl/N-ethyl adjacent to an activating group) is 1. The van der Waals surface area contributed by atoms with Gasteiger partial charge in [0.1, 0.15) is 6.04 Å². The van der Waals surface area contributed by atoms with Crippen LogP contribution in [0.15, 0.2) is 36.7 Å². The lowest BCUT2D eigenvalue weighted by molar-refractivity contribution is -0.133. The van der Waals surface area contributed by atoms with Gasteiger partial charge in [-0.15, -0.1) is 0 Å². The quantitative estimate of drug-likeness (QED) is 0.806. The number of carbonyl (C=O) groups is 2. The minimum atomic E-state index is -0.498. The Morgan fingerprint density at radius 3 is 2.70 bits per heavy atom. The van der Waals surface area contributed by atoms with Crippen molar-refractivity contribution in [2.24, 2.45) is 0 Å². The summed E-state index contributed by atoms with van der Waals surface area (Å²) in [6, 6.07) is 6.64. The van der Waals surface area contributed by atoms with Crippen molar-refractivity contribution >= 4 is 23.4 Å². The first-order valence-electron chi connectivity index (χ1n) is 8.92. The molecular weight excluding hydrogens is 368 g/mol. The largest absolute Gasteiger partial charge is 0.376 e. The molecule has 2 aromatic rings. The molecule has 4 rings (SSSR count). The Kier molecular flexibility index (Phi) is 4.65. The third-order valence-electron chi connectivity index (χ3n) is 5.20. The van der Waals surface area contributed by atoms with Crippen LogP contribution in [0.3, 0.4) is 0 Å². The molecule has 2 aliphatic heterocycles. The highest BCUT2D eigenvalue weighted by Gasteiger charge is 2.50. The fourth-order valence-corrected chi connectivity index (χ4v) is 4.00. The molecule has 27 heavy (non-hydrogen) atoms. The van der Waals surface area contributed by atoms with Gasteiger partial charge in [-0.1, -0.05) is 11.6 Å². The molecule has 7 nitrogen and oxygen atoms in total. The second kappa shape index (κ2) is 6.98. The van der Waals surface area contributed by atoms with Crippen molar-refractivity contribution in [1.82, 2.24) is 19.6 Å². The maximum Gasteiger partial charge on any atom is 0.258 e. The van der Waals surface area contributed by atoms with Crippen LogP contribution < -0.4 is 0 Å². The summed E-state index contributed by atoms with van der Waals surface area (Å²) in [6.07, 6.45) is 4.44. The molecule has 0 N–H and O–H groups in total. The number of amides is 2. The molecule has 8 heteroatoms. The zero-order chi connectivity index (χ0) is 19.1. The van der Waals surface area contributed by atoms with Crippen LogP contribution in [0.25, 0.3) is 5.69 Å². The van der Waals surface area contributed by atoms with Gasteiger partial charge in [0.05, 0.1) is 29.6 Å². The van der Waals surface area contributed by atoms with Crippen LogP contribution in [0.4, 0.5) is 0 Å². The summed E-state index contributed by atoms with van der Waals surface area (Å²) in [5, 5.41) is 4.93. The SMILES string of the molecule is CN(C)C(=O)C1C[C@@H]2OCC[C@@H]2N1C(=O)c1cnn(-c2ccc(Cl)cc2)c1. The maximum absolute atomic E-state index is 13.3. The van der Waals surface area contributed by atoms with Crippen molar-refractivity contribution in [2.75, 3.05) is 20.7 Å². The van der Waals surface area contributed by atoms with Crippen molar-refractivity contribution in [1.29, 1.82) is 0 Å². The molecule has 1 aromatic carbocycles. The van der Waals surface area contributed by atoms with Crippen LogP contribution >= 0.6 is 11.6 Å². The summed E-state index contributed by atoms with van der Waals surface area (Å²) in [5.74, 6) is -0.264. The van der Waals surface area contributed by atoms with E-state index in [1.165, 1.54) is 11.1 Å². The summed E-state index contributed by atoms with van der Waals surface area (Å²) in [5.41, 5.74) is 1.26. The molecule has 0 aliphatic carbocycles. The summed E-state index contributed by atoms with van der Waals surface area (Å²) >= 11 is 5.93. The van der Waals surface area contributed by atoms with Crippen LogP contribution in [0, 0.1) is 0 Å². The number of fused-ring (bicyclic) bond motifs is 1. The van der Waals surface area contributed by atoms with E-state index < -0.39 is 6.04 Å². The van der Waals surface area contributed by atoms with E-state index in [-0.39, 0.29) is 24.0 Å². The Morgan fingerprint density at radius 2 is 2.00 bits per heavy atom. The lowest BCUT2D eigenvalue weighted by Gasteiger charge is -2.29. The van der Waals surface area contributed by atoms with Gasteiger partial charge in [0.15, 0.2) is 0 Å². The second-order valence-electron chi connectivity index (χ2n) is 7.11. The zero-order valence-electron chi connectivity index (χ0n) is 15.2. The van der Waals surface area contributed by atoms with Crippen LogP contribution in [0.2, 0.25) is 5.02 Å². The van der Waals surface area contributed by atoms with Crippen LogP contribution in [0.1, 0.15) is 23.2 Å². The third kappa shape index (κ3) is 3.21. The van der Waals surface area contributed by atoms with Gasteiger partial charge in [-0.3, -0.25) is 9.59 Å². The highest BCUT2D eigenvalue weighted by molar-refractivity contribution is 6.30. The number of hydrogen-bond donors (Lipinski definition) is 0. The minimum absolute atomic E-state index is 0.0646. The Labute approximate surface area is 162 Å². The van der Waals surface area contributed by atoms with E-state index in [1.807, 2.05) is 12.1 Å². The summed E-state index contributed by atoms with van der Waals surface area (Å²) in [4.78, 5) is 29.1. The van der Waals surface area contributed by atoms with Gasteiger partial charge in [0.25, 0.3) is 5.91 Å². The Hall–Kier alpha value is -2.38. The molecule has 2 fully saturated rings. The van der Waals surface area contributed by atoms with Crippen molar-refractivity contribution < 1.29 is 14.3 Å². The third-order valence-corrected chi connectivity index (χ3v) is 5.46. The Balaban J connectivity index is 1.62. The van der Waals surface area contributed by atoms with Crippen molar-refractivity contribution in [3.63, 3.8) is 0 Å². The van der Waals surface area contributed by atoms with Crippen molar-refractivity contribution in [2.45, 2.75) is 31.0 Å². The Morgan fingerprint density at radius 1 is 1.26 bits per heavy atom. The van der Waals surface area contributed by atoms with Crippen molar-refractivity contribution in [3.8, 4) is 5.69 Å². The van der Waals surface area contributed by atoms with Crippen LogP contribution in [-0.4, -0.2) is 70.3 Å². The number of likely N-dealkylation sites (tertiary alicyclic amines) is 1. The van der Waals surface area contributed by atoms with Gasteiger partial charge >= 0.3 is 0 Å². The molecule has 0 saturated carbocycles. The number of rotatable bonds is 3.